The van der Waals surface area contributed by atoms with E-state index in [1.54, 1.807) is 7.11 Å². The number of hydrogen-bond donors (Lipinski definition) is 2. The molecule has 1 atom stereocenters. The van der Waals surface area contributed by atoms with Gasteiger partial charge in [0.15, 0.2) is 0 Å². The molecule has 0 aliphatic heterocycles. The summed E-state index contributed by atoms with van der Waals surface area (Å²) in [6.07, 6.45) is 2.01. The predicted octanol–water partition coefficient (Wildman–Crippen LogP) is 2.77. The summed E-state index contributed by atoms with van der Waals surface area (Å²) in [7, 11) is 1.64. The summed E-state index contributed by atoms with van der Waals surface area (Å²) >= 11 is 6.31. The molecule has 1 aromatic carbocycles. The van der Waals surface area contributed by atoms with Crippen LogP contribution in [0.4, 0.5) is 0 Å². The molecule has 0 aliphatic rings. The van der Waals surface area contributed by atoms with Gasteiger partial charge in [-0.05, 0) is 55.5 Å². The molecule has 3 nitrogen and oxygen atoms in total. The van der Waals surface area contributed by atoms with E-state index in [-0.39, 0.29) is 0 Å². The van der Waals surface area contributed by atoms with Crippen molar-refractivity contribution in [1.29, 1.82) is 0 Å². The second-order valence-corrected chi connectivity index (χ2v) is 4.97. The first-order valence-electron chi connectivity index (χ1n) is 6.39. The highest BCUT2D eigenvalue weighted by Crippen LogP contribution is 2.33. The summed E-state index contributed by atoms with van der Waals surface area (Å²) in [6.45, 7) is 3.41. The lowest BCUT2D eigenvalue weighted by molar-refractivity contribution is 0.413. The van der Waals surface area contributed by atoms with Gasteiger partial charge in [0, 0.05) is 5.02 Å². The van der Waals surface area contributed by atoms with Crippen LogP contribution >= 0.6 is 11.6 Å². The number of hydrogen-bond acceptors (Lipinski definition) is 3. The molecule has 1 aromatic rings. The Morgan fingerprint density at radius 1 is 1.28 bits per heavy atom. The van der Waals surface area contributed by atoms with Crippen LogP contribution < -0.4 is 16.2 Å². The first-order chi connectivity index (χ1) is 8.65. The topological polar surface area (TPSA) is 61.3 Å². The van der Waals surface area contributed by atoms with Gasteiger partial charge < -0.3 is 16.2 Å². The van der Waals surface area contributed by atoms with Crippen LogP contribution in [0.5, 0.6) is 5.75 Å². The van der Waals surface area contributed by atoms with Crippen molar-refractivity contribution in [2.45, 2.75) is 25.7 Å². The van der Waals surface area contributed by atoms with Gasteiger partial charge in [-0.3, -0.25) is 0 Å². The summed E-state index contributed by atoms with van der Waals surface area (Å²) in [6, 6.07) is 5.85. The third kappa shape index (κ3) is 3.87. The molecule has 0 radical (unpaired) electrons. The van der Waals surface area contributed by atoms with Gasteiger partial charge >= 0.3 is 0 Å². The van der Waals surface area contributed by atoms with Gasteiger partial charge in [-0.25, -0.2) is 0 Å². The van der Waals surface area contributed by atoms with E-state index in [0.29, 0.717) is 24.9 Å². The molecule has 1 unspecified atom stereocenters. The van der Waals surface area contributed by atoms with E-state index in [2.05, 4.69) is 6.92 Å². The zero-order valence-electron chi connectivity index (χ0n) is 11.2. The van der Waals surface area contributed by atoms with E-state index >= 15 is 0 Å². The smallest absolute Gasteiger partial charge is 0.120 e. The summed E-state index contributed by atoms with van der Waals surface area (Å²) < 4.78 is 5.16. The van der Waals surface area contributed by atoms with Gasteiger partial charge in [0.2, 0.25) is 0 Å². The van der Waals surface area contributed by atoms with E-state index in [0.717, 1.165) is 29.2 Å². The lowest BCUT2D eigenvalue weighted by atomic mass is 9.87. The van der Waals surface area contributed by atoms with Gasteiger partial charge in [0.1, 0.15) is 5.75 Å². The Labute approximate surface area is 114 Å². The molecule has 0 saturated heterocycles. The van der Waals surface area contributed by atoms with Crippen LogP contribution in [0.3, 0.4) is 0 Å². The molecule has 1 rings (SSSR count). The Bertz CT molecular complexity index is 367. The Balaban J connectivity index is 2.87. The molecule has 102 valence electrons. The quantitative estimate of drug-likeness (QED) is 0.801. The van der Waals surface area contributed by atoms with Gasteiger partial charge in [-0.15, -0.1) is 0 Å². The number of benzene rings is 1. The fraction of sp³-hybridized carbons (Fsp3) is 0.571. The summed E-state index contributed by atoms with van der Waals surface area (Å²) in [5.41, 5.74) is 12.6. The minimum atomic E-state index is 0.355. The monoisotopic (exact) mass is 270 g/mol. The van der Waals surface area contributed by atoms with E-state index in [1.807, 2.05) is 18.2 Å². The van der Waals surface area contributed by atoms with Crippen LogP contribution in [-0.2, 0) is 0 Å². The molecule has 0 aromatic heterocycles. The lowest BCUT2D eigenvalue weighted by Gasteiger charge is -2.22. The summed E-state index contributed by atoms with van der Waals surface area (Å²) in [5, 5.41) is 0.758. The second-order valence-electron chi connectivity index (χ2n) is 4.57. The standard InChI is InChI=1S/C14H23ClN2O/c1-3-11(6-10(8-16)9-17)13-5-4-12(18-2)7-14(13)15/h4-5,7,10-11H,3,6,8-9,16-17H2,1-2H3. The van der Waals surface area contributed by atoms with Crippen LogP contribution in [0.1, 0.15) is 31.2 Å². The first kappa shape index (κ1) is 15.3. The molecule has 18 heavy (non-hydrogen) atoms. The van der Waals surface area contributed by atoms with Crippen molar-refractivity contribution in [3.63, 3.8) is 0 Å². The Morgan fingerprint density at radius 3 is 2.39 bits per heavy atom. The third-order valence-corrected chi connectivity index (χ3v) is 3.75. The number of methoxy groups -OCH3 is 1. The fourth-order valence-corrected chi connectivity index (χ4v) is 2.50. The van der Waals surface area contributed by atoms with Crippen LogP contribution in [-0.4, -0.2) is 20.2 Å². The molecular weight excluding hydrogens is 248 g/mol. The summed E-state index contributed by atoms with van der Waals surface area (Å²) in [5.74, 6) is 1.54. The SMILES string of the molecule is CCC(CC(CN)CN)c1ccc(OC)cc1Cl. The van der Waals surface area contributed by atoms with Crippen molar-refractivity contribution < 1.29 is 4.74 Å². The molecule has 0 saturated carbocycles. The van der Waals surface area contributed by atoms with Crippen molar-refractivity contribution in [2.24, 2.45) is 17.4 Å². The number of halogens is 1. The third-order valence-electron chi connectivity index (χ3n) is 3.42. The number of ether oxygens (including phenoxy) is 1. The summed E-state index contributed by atoms with van der Waals surface area (Å²) in [4.78, 5) is 0. The van der Waals surface area contributed by atoms with Gasteiger partial charge in [-0.2, -0.15) is 0 Å². The predicted molar refractivity (Wildman–Crippen MR) is 77.3 cm³/mol. The molecule has 4 heteroatoms. The van der Waals surface area contributed by atoms with Crippen LogP contribution in [0, 0.1) is 5.92 Å². The van der Waals surface area contributed by atoms with Crippen LogP contribution in [0.2, 0.25) is 5.02 Å². The van der Waals surface area contributed by atoms with Crippen molar-refractivity contribution in [3.05, 3.63) is 28.8 Å². The maximum atomic E-state index is 6.31. The Hall–Kier alpha value is -0.770. The molecule has 0 aliphatic carbocycles. The lowest BCUT2D eigenvalue weighted by Crippen LogP contribution is -2.25. The van der Waals surface area contributed by atoms with Crippen molar-refractivity contribution in [3.8, 4) is 5.75 Å². The van der Waals surface area contributed by atoms with Gasteiger partial charge in [0.05, 0.1) is 7.11 Å². The Kier molecular flexibility index (Phi) is 6.47. The van der Waals surface area contributed by atoms with Crippen molar-refractivity contribution in [1.82, 2.24) is 0 Å². The molecule has 0 heterocycles. The molecular formula is C14H23ClN2O. The highest BCUT2D eigenvalue weighted by Gasteiger charge is 2.17. The van der Waals surface area contributed by atoms with E-state index < -0.39 is 0 Å². The van der Waals surface area contributed by atoms with Gasteiger partial charge in [-0.1, -0.05) is 24.6 Å². The maximum absolute atomic E-state index is 6.31. The van der Waals surface area contributed by atoms with Gasteiger partial charge in [0.25, 0.3) is 0 Å². The number of rotatable bonds is 7. The largest absolute Gasteiger partial charge is 0.497 e. The van der Waals surface area contributed by atoms with Crippen molar-refractivity contribution >= 4 is 11.6 Å². The normalized spacial score (nSPS) is 12.8. The molecule has 0 fully saturated rings. The van der Waals surface area contributed by atoms with Crippen LogP contribution in [0.25, 0.3) is 0 Å². The highest BCUT2D eigenvalue weighted by molar-refractivity contribution is 6.31. The van der Waals surface area contributed by atoms with Crippen molar-refractivity contribution in [2.75, 3.05) is 20.2 Å². The van der Waals surface area contributed by atoms with E-state index in [4.69, 9.17) is 27.8 Å². The minimum Gasteiger partial charge on any atom is -0.497 e. The van der Waals surface area contributed by atoms with Crippen LogP contribution in [0.15, 0.2) is 18.2 Å². The molecule has 0 bridgehead atoms. The average molecular weight is 271 g/mol. The minimum absolute atomic E-state index is 0.355. The zero-order valence-corrected chi connectivity index (χ0v) is 11.9. The Morgan fingerprint density at radius 2 is 1.94 bits per heavy atom. The number of nitrogens with two attached hydrogens (primary N) is 2. The average Bonchev–Trinajstić information content (AvgIpc) is 2.41. The molecule has 0 amide bonds. The maximum Gasteiger partial charge on any atom is 0.120 e. The van der Waals surface area contributed by atoms with E-state index in [1.165, 1.54) is 0 Å². The molecule has 0 spiro atoms. The highest BCUT2D eigenvalue weighted by atomic mass is 35.5. The fourth-order valence-electron chi connectivity index (χ4n) is 2.17. The second kappa shape index (κ2) is 7.62. The zero-order chi connectivity index (χ0) is 13.5. The molecule has 4 N–H and O–H groups in total. The van der Waals surface area contributed by atoms with E-state index in [9.17, 15) is 0 Å². The first-order valence-corrected chi connectivity index (χ1v) is 6.77.